The number of Topliss-reactive ketones (excluding diaryl/α,β-unsaturated/α-hetero) is 1. The maximum atomic E-state index is 11.8. The van der Waals surface area contributed by atoms with Gasteiger partial charge in [-0.25, -0.2) is 0 Å². The Bertz CT molecular complexity index is 303. The molecule has 2 unspecified atom stereocenters. The molecular weight excluding hydrogens is 204 g/mol. The van der Waals surface area contributed by atoms with Crippen molar-refractivity contribution in [3.8, 4) is 0 Å². The number of rotatable bonds is 1. The van der Waals surface area contributed by atoms with Gasteiger partial charge in [-0.3, -0.25) is 9.59 Å². The number of piperidine rings is 2. The molecule has 2 rings (SSSR count). The summed E-state index contributed by atoms with van der Waals surface area (Å²) in [5.74, 6) is 0.139. The monoisotopic (exact) mass is 224 g/mol. The number of amides is 1. The van der Waals surface area contributed by atoms with Crippen LogP contribution in [-0.4, -0.2) is 53.7 Å². The SMILES string of the molecule is CC1CC(N2CCC(=O)CC2=O)CCN1C. The molecule has 1 amide bonds. The Morgan fingerprint density at radius 3 is 2.62 bits per heavy atom. The highest BCUT2D eigenvalue weighted by molar-refractivity contribution is 6.00. The molecule has 2 aliphatic rings. The number of nitrogens with zero attached hydrogens (tertiary/aromatic N) is 2. The van der Waals surface area contributed by atoms with Crippen LogP contribution in [0.5, 0.6) is 0 Å². The normalized spacial score (nSPS) is 33.2. The van der Waals surface area contributed by atoms with Gasteiger partial charge in [-0.05, 0) is 26.8 Å². The van der Waals surface area contributed by atoms with E-state index in [0.29, 0.717) is 25.0 Å². The molecule has 90 valence electrons. The fourth-order valence-corrected chi connectivity index (χ4v) is 2.66. The molecule has 0 spiro atoms. The highest BCUT2D eigenvalue weighted by Crippen LogP contribution is 2.23. The first-order valence-electron chi connectivity index (χ1n) is 6.09. The van der Waals surface area contributed by atoms with Gasteiger partial charge in [-0.1, -0.05) is 0 Å². The van der Waals surface area contributed by atoms with Crippen LogP contribution in [0.2, 0.25) is 0 Å². The minimum atomic E-state index is 0.0398. The van der Waals surface area contributed by atoms with Crippen molar-refractivity contribution in [3.05, 3.63) is 0 Å². The standard InChI is InChI=1S/C12H20N2O2/c1-9-7-10(3-5-13(9)2)14-6-4-11(15)8-12(14)16/h9-10H,3-8H2,1-2H3. The van der Waals surface area contributed by atoms with Gasteiger partial charge in [0.1, 0.15) is 5.78 Å². The smallest absolute Gasteiger partial charge is 0.230 e. The van der Waals surface area contributed by atoms with Crippen molar-refractivity contribution in [2.24, 2.45) is 0 Å². The maximum absolute atomic E-state index is 11.8. The average Bonchev–Trinajstić information content (AvgIpc) is 2.22. The maximum Gasteiger partial charge on any atom is 0.230 e. The van der Waals surface area contributed by atoms with Gasteiger partial charge in [0.15, 0.2) is 0 Å². The van der Waals surface area contributed by atoms with Crippen LogP contribution in [0.1, 0.15) is 32.6 Å². The molecule has 0 radical (unpaired) electrons. The quantitative estimate of drug-likeness (QED) is 0.614. The summed E-state index contributed by atoms with van der Waals surface area (Å²) < 4.78 is 0. The number of hydrogen-bond donors (Lipinski definition) is 0. The molecule has 2 atom stereocenters. The summed E-state index contributed by atoms with van der Waals surface area (Å²) in [6.45, 7) is 3.88. The van der Waals surface area contributed by atoms with Crippen molar-refractivity contribution in [3.63, 3.8) is 0 Å². The van der Waals surface area contributed by atoms with Crippen molar-refractivity contribution >= 4 is 11.7 Å². The molecule has 2 heterocycles. The lowest BCUT2D eigenvalue weighted by atomic mass is 9.95. The van der Waals surface area contributed by atoms with E-state index in [0.717, 1.165) is 19.4 Å². The summed E-state index contributed by atoms with van der Waals surface area (Å²) in [4.78, 5) is 27.2. The zero-order chi connectivity index (χ0) is 11.7. The fraction of sp³-hybridized carbons (Fsp3) is 0.833. The lowest BCUT2D eigenvalue weighted by Gasteiger charge is -2.42. The molecule has 0 bridgehead atoms. The van der Waals surface area contributed by atoms with Crippen LogP contribution in [0, 0.1) is 0 Å². The van der Waals surface area contributed by atoms with Gasteiger partial charge in [0, 0.05) is 31.6 Å². The summed E-state index contributed by atoms with van der Waals surface area (Å²) in [6.07, 6.45) is 2.75. The molecule has 0 aromatic carbocycles. The third-order valence-electron chi connectivity index (χ3n) is 3.92. The second-order valence-electron chi connectivity index (χ2n) is 5.06. The molecule has 2 aliphatic heterocycles. The first-order chi connectivity index (χ1) is 7.58. The van der Waals surface area contributed by atoms with Crippen molar-refractivity contribution in [2.45, 2.75) is 44.7 Å². The van der Waals surface area contributed by atoms with Crippen molar-refractivity contribution in [1.29, 1.82) is 0 Å². The van der Waals surface area contributed by atoms with Gasteiger partial charge in [0.25, 0.3) is 0 Å². The van der Waals surface area contributed by atoms with Crippen LogP contribution in [0.3, 0.4) is 0 Å². The summed E-state index contributed by atoms with van der Waals surface area (Å²) in [7, 11) is 2.13. The van der Waals surface area contributed by atoms with E-state index in [1.54, 1.807) is 0 Å². The fourth-order valence-electron chi connectivity index (χ4n) is 2.66. The molecule has 2 fully saturated rings. The molecule has 16 heavy (non-hydrogen) atoms. The first kappa shape index (κ1) is 11.6. The Labute approximate surface area is 96.6 Å². The Balaban J connectivity index is 1.97. The summed E-state index contributed by atoms with van der Waals surface area (Å²) in [5.41, 5.74) is 0. The summed E-state index contributed by atoms with van der Waals surface area (Å²) in [5, 5.41) is 0. The van der Waals surface area contributed by atoms with E-state index in [4.69, 9.17) is 0 Å². The lowest BCUT2D eigenvalue weighted by Crippen LogP contribution is -2.52. The molecule has 4 nitrogen and oxygen atoms in total. The summed E-state index contributed by atoms with van der Waals surface area (Å²) in [6, 6.07) is 0.885. The van der Waals surface area contributed by atoms with E-state index in [2.05, 4.69) is 18.9 Å². The predicted molar refractivity (Wildman–Crippen MR) is 61.1 cm³/mol. The molecule has 2 saturated heterocycles. The van der Waals surface area contributed by atoms with Gasteiger partial charge in [-0.15, -0.1) is 0 Å². The second kappa shape index (κ2) is 4.53. The first-order valence-corrected chi connectivity index (χ1v) is 6.09. The highest BCUT2D eigenvalue weighted by Gasteiger charge is 2.33. The third-order valence-corrected chi connectivity index (χ3v) is 3.92. The molecule has 0 aromatic heterocycles. The minimum absolute atomic E-state index is 0.0398. The van der Waals surface area contributed by atoms with Gasteiger partial charge >= 0.3 is 0 Å². The second-order valence-corrected chi connectivity index (χ2v) is 5.06. The number of ketones is 1. The molecular formula is C12H20N2O2. The largest absolute Gasteiger partial charge is 0.339 e. The number of carbonyl (C=O) groups is 2. The van der Waals surface area contributed by atoms with Crippen molar-refractivity contribution in [1.82, 2.24) is 9.80 Å². The van der Waals surface area contributed by atoms with Crippen LogP contribution >= 0.6 is 0 Å². The van der Waals surface area contributed by atoms with Gasteiger partial charge in [-0.2, -0.15) is 0 Å². The topological polar surface area (TPSA) is 40.6 Å². The van der Waals surface area contributed by atoms with Crippen LogP contribution in [0.4, 0.5) is 0 Å². The van der Waals surface area contributed by atoms with Gasteiger partial charge < -0.3 is 9.80 Å². The minimum Gasteiger partial charge on any atom is -0.339 e. The van der Waals surface area contributed by atoms with E-state index in [1.807, 2.05) is 4.90 Å². The number of hydrogen-bond acceptors (Lipinski definition) is 3. The van der Waals surface area contributed by atoms with Crippen LogP contribution in [-0.2, 0) is 9.59 Å². The van der Waals surface area contributed by atoms with E-state index < -0.39 is 0 Å². The average molecular weight is 224 g/mol. The Kier molecular flexibility index (Phi) is 3.28. The van der Waals surface area contributed by atoms with Crippen molar-refractivity contribution in [2.75, 3.05) is 20.1 Å². The highest BCUT2D eigenvalue weighted by atomic mass is 16.2. The van der Waals surface area contributed by atoms with Crippen LogP contribution < -0.4 is 0 Å². The van der Waals surface area contributed by atoms with E-state index in [9.17, 15) is 9.59 Å². The zero-order valence-corrected chi connectivity index (χ0v) is 10.1. The third kappa shape index (κ3) is 2.26. The van der Waals surface area contributed by atoms with E-state index in [1.165, 1.54) is 0 Å². The van der Waals surface area contributed by atoms with Gasteiger partial charge in [0.05, 0.1) is 6.42 Å². The molecule has 4 heteroatoms. The van der Waals surface area contributed by atoms with Crippen LogP contribution in [0.15, 0.2) is 0 Å². The Hall–Kier alpha value is -0.900. The predicted octanol–water partition coefficient (Wildman–Crippen LogP) is 0.661. The molecule has 0 aromatic rings. The van der Waals surface area contributed by atoms with Crippen molar-refractivity contribution < 1.29 is 9.59 Å². The van der Waals surface area contributed by atoms with E-state index in [-0.39, 0.29) is 18.1 Å². The number of likely N-dealkylation sites (tertiary alicyclic amines) is 2. The lowest BCUT2D eigenvalue weighted by molar-refractivity contribution is -0.142. The Morgan fingerprint density at radius 1 is 1.25 bits per heavy atom. The summed E-state index contributed by atoms with van der Waals surface area (Å²) >= 11 is 0. The van der Waals surface area contributed by atoms with Gasteiger partial charge in [0.2, 0.25) is 5.91 Å². The molecule has 0 N–H and O–H groups in total. The molecule has 0 saturated carbocycles. The Morgan fingerprint density at radius 2 is 2.00 bits per heavy atom. The number of carbonyl (C=O) groups excluding carboxylic acids is 2. The van der Waals surface area contributed by atoms with Crippen LogP contribution in [0.25, 0.3) is 0 Å². The zero-order valence-electron chi connectivity index (χ0n) is 10.1. The molecule has 0 aliphatic carbocycles. The van der Waals surface area contributed by atoms with E-state index >= 15 is 0 Å².